The van der Waals surface area contributed by atoms with Crippen molar-refractivity contribution in [2.45, 2.75) is 25.3 Å². The zero-order valence-corrected chi connectivity index (χ0v) is 11.1. The van der Waals surface area contributed by atoms with Gasteiger partial charge in [-0.2, -0.15) is 0 Å². The van der Waals surface area contributed by atoms with Crippen LogP contribution < -0.4 is 10.1 Å². The summed E-state index contributed by atoms with van der Waals surface area (Å²) in [7, 11) is 1.66. The van der Waals surface area contributed by atoms with Crippen LogP contribution in [-0.4, -0.2) is 19.0 Å². The van der Waals surface area contributed by atoms with E-state index >= 15 is 0 Å². The maximum absolute atomic E-state index is 5.93. The normalized spacial score (nSPS) is 12.5. The predicted octanol–water partition coefficient (Wildman–Crippen LogP) is 3.46. The van der Waals surface area contributed by atoms with Crippen molar-refractivity contribution in [3.05, 3.63) is 28.8 Å². The largest absolute Gasteiger partial charge is 0.496 e. The first-order valence-electron chi connectivity index (χ1n) is 5.30. The molecule has 1 atom stereocenters. The molecule has 0 fully saturated rings. The maximum atomic E-state index is 5.93. The van der Waals surface area contributed by atoms with E-state index in [9.17, 15) is 0 Å². The third-order valence-corrected chi connectivity index (χ3v) is 2.73. The molecule has 1 N–H and O–H groups in total. The van der Waals surface area contributed by atoms with E-state index in [2.05, 4.69) is 5.32 Å². The Bertz CT molecular complexity index is 329. The number of halogens is 2. The van der Waals surface area contributed by atoms with Gasteiger partial charge in [0.25, 0.3) is 0 Å². The number of nitrogens with one attached hydrogen (secondary N) is 1. The molecule has 90 valence electrons. The maximum Gasteiger partial charge on any atom is 0.123 e. The van der Waals surface area contributed by atoms with Gasteiger partial charge in [0.15, 0.2) is 0 Å². The Hall–Kier alpha value is -0.440. The topological polar surface area (TPSA) is 21.3 Å². The number of methoxy groups -OCH3 is 1. The fourth-order valence-corrected chi connectivity index (χ4v) is 1.71. The third-order valence-electron chi connectivity index (χ3n) is 2.28. The lowest BCUT2D eigenvalue weighted by atomic mass is 10.2. The number of hydrogen-bond acceptors (Lipinski definition) is 2. The summed E-state index contributed by atoms with van der Waals surface area (Å²) in [5.41, 5.74) is 1.07. The molecular formula is C12H17Cl2NO. The number of ether oxygens (including phenoxy) is 1. The summed E-state index contributed by atoms with van der Waals surface area (Å²) in [4.78, 5) is 0. The first kappa shape index (κ1) is 13.6. The standard InChI is InChI=1S/C12H17Cl2NO/c1-9(13)5-6-15-8-10-7-11(14)3-4-12(10)16-2/h3-4,7,9,15H,5-6,8H2,1-2H3. The molecule has 0 amide bonds. The van der Waals surface area contributed by atoms with Crippen LogP contribution in [0.3, 0.4) is 0 Å². The summed E-state index contributed by atoms with van der Waals surface area (Å²) < 4.78 is 5.25. The van der Waals surface area contributed by atoms with Crippen molar-refractivity contribution in [2.75, 3.05) is 13.7 Å². The number of rotatable bonds is 6. The highest BCUT2D eigenvalue weighted by atomic mass is 35.5. The van der Waals surface area contributed by atoms with Gasteiger partial charge in [0.05, 0.1) is 7.11 Å². The highest BCUT2D eigenvalue weighted by molar-refractivity contribution is 6.30. The second-order valence-corrected chi connectivity index (χ2v) is 4.88. The summed E-state index contributed by atoms with van der Waals surface area (Å²) in [6.07, 6.45) is 0.949. The molecule has 0 aliphatic carbocycles. The van der Waals surface area contributed by atoms with Crippen molar-refractivity contribution in [3.8, 4) is 5.75 Å². The zero-order valence-electron chi connectivity index (χ0n) is 9.59. The third kappa shape index (κ3) is 4.60. The van der Waals surface area contributed by atoms with Gasteiger partial charge in [0.2, 0.25) is 0 Å². The molecule has 1 unspecified atom stereocenters. The van der Waals surface area contributed by atoms with Gasteiger partial charge in [-0.25, -0.2) is 0 Å². The first-order chi connectivity index (χ1) is 7.63. The smallest absolute Gasteiger partial charge is 0.123 e. The minimum atomic E-state index is 0.203. The molecule has 0 heterocycles. The van der Waals surface area contributed by atoms with Gasteiger partial charge >= 0.3 is 0 Å². The van der Waals surface area contributed by atoms with E-state index in [0.29, 0.717) is 0 Å². The molecule has 1 rings (SSSR count). The van der Waals surface area contributed by atoms with Crippen LogP contribution in [-0.2, 0) is 6.54 Å². The van der Waals surface area contributed by atoms with Gasteiger partial charge < -0.3 is 10.1 Å². The second kappa shape index (κ2) is 7.00. The Morgan fingerprint density at radius 2 is 2.19 bits per heavy atom. The number of hydrogen-bond donors (Lipinski definition) is 1. The highest BCUT2D eigenvalue weighted by Crippen LogP contribution is 2.22. The molecule has 1 aromatic rings. The number of alkyl halides is 1. The van der Waals surface area contributed by atoms with Gasteiger partial charge in [-0.1, -0.05) is 11.6 Å². The van der Waals surface area contributed by atoms with Crippen molar-refractivity contribution < 1.29 is 4.74 Å². The predicted molar refractivity (Wildman–Crippen MR) is 69.6 cm³/mol. The molecule has 0 saturated heterocycles. The fraction of sp³-hybridized carbons (Fsp3) is 0.500. The van der Waals surface area contributed by atoms with Gasteiger partial charge in [-0.15, -0.1) is 11.6 Å². The quantitative estimate of drug-likeness (QED) is 0.626. The monoisotopic (exact) mass is 261 g/mol. The van der Waals surface area contributed by atoms with Gasteiger partial charge in [0, 0.05) is 22.5 Å². The van der Waals surface area contributed by atoms with Crippen LogP contribution in [0.4, 0.5) is 0 Å². The van der Waals surface area contributed by atoms with Crippen LogP contribution in [0.2, 0.25) is 5.02 Å². The van der Waals surface area contributed by atoms with Crippen LogP contribution in [0.25, 0.3) is 0 Å². The van der Waals surface area contributed by atoms with E-state index in [-0.39, 0.29) is 5.38 Å². The van der Waals surface area contributed by atoms with Crippen molar-refractivity contribution in [1.82, 2.24) is 5.32 Å². The van der Waals surface area contributed by atoms with Crippen molar-refractivity contribution in [3.63, 3.8) is 0 Å². The van der Waals surface area contributed by atoms with Crippen molar-refractivity contribution in [2.24, 2.45) is 0 Å². The van der Waals surface area contributed by atoms with Crippen LogP contribution in [0, 0.1) is 0 Å². The van der Waals surface area contributed by atoms with Crippen LogP contribution in [0.5, 0.6) is 5.75 Å². The molecule has 1 aromatic carbocycles. The molecule has 2 nitrogen and oxygen atoms in total. The minimum Gasteiger partial charge on any atom is -0.496 e. The minimum absolute atomic E-state index is 0.203. The summed E-state index contributed by atoms with van der Waals surface area (Å²) in [5, 5.41) is 4.24. The fourth-order valence-electron chi connectivity index (χ4n) is 1.41. The van der Waals surface area contributed by atoms with E-state index in [0.717, 1.165) is 35.8 Å². The highest BCUT2D eigenvalue weighted by Gasteiger charge is 2.03. The Morgan fingerprint density at radius 3 is 2.81 bits per heavy atom. The molecular weight excluding hydrogens is 245 g/mol. The average Bonchev–Trinajstić information content (AvgIpc) is 2.24. The average molecular weight is 262 g/mol. The van der Waals surface area contributed by atoms with E-state index in [1.54, 1.807) is 7.11 Å². The number of benzene rings is 1. The Balaban J connectivity index is 2.48. The molecule has 0 saturated carbocycles. The molecule has 16 heavy (non-hydrogen) atoms. The lowest BCUT2D eigenvalue weighted by Crippen LogP contribution is -2.17. The van der Waals surface area contributed by atoms with Gasteiger partial charge in [-0.3, -0.25) is 0 Å². The van der Waals surface area contributed by atoms with Crippen LogP contribution in [0.15, 0.2) is 18.2 Å². The summed E-state index contributed by atoms with van der Waals surface area (Å²) >= 11 is 11.8. The molecule has 0 radical (unpaired) electrons. The lowest BCUT2D eigenvalue weighted by molar-refractivity contribution is 0.407. The molecule has 0 spiro atoms. The van der Waals surface area contributed by atoms with E-state index in [4.69, 9.17) is 27.9 Å². The van der Waals surface area contributed by atoms with Crippen molar-refractivity contribution in [1.29, 1.82) is 0 Å². The van der Waals surface area contributed by atoms with E-state index in [1.807, 2.05) is 25.1 Å². The second-order valence-electron chi connectivity index (χ2n) is 3.70. The van der Waals surface area contributed by atoms with E-state index < -0.39 is 0 Å². The molecule has 0 bridgehead atoms. The Kier molecular flexibility index (Phi) is 5.96. The molecule has 0 aliphatic rings. The molecule has 4 heteroatoms. The van der Waals surface area contributed by atoms with Gasteiger partial charge in [-0.05, 0) is 38.1 Å². The first-order valence-corrected chi connectivity index (χ1v) is 6.12. The van der Waals surface area contributed by atoms with Crippen molar-refractivity contribution >= 4 is 23.2 Å². The summed E-state index contributed by atoms with van der Waals surface area (Å²) in [6, 6.07) is 5.62. The Labute approximate surface area is 107 Å². The van der Waals surface area contributed by atoms with Crippen LogP contribution >= 0.6 is 23.2 Å². The Morgan fingerprint density at radius 1 is 1.44 bits per heavy atom. The SMILES string of the molecule is COc1ccc(Cl)cc1CNCCC(C)Cl. The summed E-state index contributed by atoms with van der Waals surface area (Å²) in [5.74, 6) is 0.857. The molecule has 0 aromatic heterocycles. The lowest BCUT2D eigenvalue weighted by Gasteiger charge is -2.10. The summed E-state index contributed by atoms with van der Waals surface area (Å²) in [6.45, 7) is 3.62. The van der Waals surface area contributed by atoms with E-state index in [1.165, 1.54) is 0 Å². The van der Waals surface area contributed by atoms with Crippen LogP contribution in [0.1, 0.15) is 18.9 Å². The molecule has 0 aliphatic heterocycles. The zero-order chi connectivity index (χ0) is 12.0. The van der Waals surface area contributed by atoms with Gasteiger partial charge in [0.1, 0.15) is 5.75 Å².